The van der Waals surface area contributed by atoms with Gasteiger partial charge in [-0.3, -0.25) is 0 Å². The minimum Gasteiger partial charge on any atom is -0.311 e. The van der Waals surface area contributed by atoms with Crippen LogP contribution in [0, 0.1) is 5.92 Å². The topological polar surface area (TPSA) is 49.4 Å². The lowest BCUT2D eigenvalue weighted by molar-refractivity contribution is 0.272. The first kappa shape index (κ1) is 14.0. The predicted octanol–water partition coefficient (Wildman–Crippen LogP) is 1.76. The second-order valence-corrected chi connectivity index (χ2v) is 8.19. The van der Waals surface area contributed by atoms with Gasteiger partial charge in [0.25, 0.3) is 10.0 Å². The Morgan fingerprint density at radius 2 is 2.33 bits per heavy atom. The van der Waals surface area contributed by atoms with Crippen LogP contribution < -0.4 is 5.32 Å². The van der Waals surface area contributed by atoms with Crippen molar-refractivity contribution in [3.05, 3.63) is 17.5 Å². The van der Waals surface area contributed by atoms with Crippen molar-refractivity contribution >= 4 is 21.4 Å². The molecular weight excluding hydrogens is 268 g/mol. The molecule has 2 heterocycles. The number of piperazine rings is 1. The van der Waals surface area contributed by atoms with Crippen molar-refractivity contribution in [3.63, 3.8) is 0 Å². The monoisotopic (exact) mass is 288 g/mol. The Bertz CT molecular complexity index is 468. The summed E-state index contributed by atoms with van der Waals surface area (Å²) in [6.07, 6.45) is 1.01. The maximum atomic E-state index is 12.4. The highest BCUT2D eigenvalue weighted by Crippen LogP contribution is 2.22. The number of thiophene rings is 1. The van der Waals surface area contributed by atoms with Crippen molar-refractivity contribution in [2.75, 3.05) is 19.6 Å². The first-order chi connectivity index (χ1) is 8.50. The van der Waals surface area contributed by atoms with Gasteiger partial charge in [-0.15, -0.1) is 11.3 Å². The number of hydrogen-bond donors (Lipinski definition) is 1. The summed E-state index contributed by atoms with van der Waals surface area (Å²) in [5.74, 6) is 0.576. The zero-order valence-corrected chi connectivity index (χ0v) is 12.4. The number of sulfonamides is 1. The summed E-state index contributed by atoms with van der Waals surface area (Å²) >= 11 is 1.29. The van der Waals surface area contributed by atoms with E-state index >= 15 is 0 Å². The van der Waals surface area contributed by atoms with E-state index in [1.807, 2.05) is 0 Å². The summed E-state index contributed by atoms with van der Waals surface area (Å²) in [6.45, 7) is 6.21. The summed E-state index contributed by atoms with van der Waals surface area (Å²) in [5, 5.41) is 5.20. The van der Waals surface area contributed by atoms with Crippen LogP contribution in [-0.2, 0) is 10.0 Å². The van der Waals surface area contributed by atoms with Crippen LogP contribution in [0.15, 0.2) is 21.7 Å². The maximum Gasteiger partial charge on any atom is 0.252 e. The van der Waals surface area contributed by atoms with E-state index < -0.39 is 10.0 Å². The van der Waals surface area contributed by atoms with E-state index in [-0.39, 0.29) is 6.04 Å². The highest BCUT2D eigenvalue weighted by atomic mass is 32.2. The summed E-state index contributed by atoms with van der Waals surface area (Å²) in [5.41, 5.74) is 0. The molecule has 1 aliphatic rings. The van der Waals surface area contributed by atoms with Gasteiger partial charge in [0, 0.05) is 25.7 Å². The Kier molecular flexibility index (Phi) is 4.42. The third kappa shape index (κ3) is 3.12. The van der Waals surface area contributed by atoms with Gasteiger partial charge >= 0.3 is 0 Å². The molecule has 0 bridgehead atoms. The third-order valence-electron chi connectivity index (χ3n) is 3.06. The van der Waals surface area contributed by atoms with Crippen LogP contribution >= 0.6 is 11.3 Å². The lowest BCUT2D eigenvalue weighted by Gasteiger charge is -2.33. The number of rotatable bonds is 4. The Labute approximate surface area is 113 Å². The van der Waals surface area contributed by atoms with Crippen LogP contribution in [-0.4, -0.2) is 38.4 Å². The molecule has 1 aromatic rings. The lowest BCUT2D eigenvalue weighted by Crippen LogP contribution is -2.52. The molecule has 1 fully saturated rings. The molecule has 0 saturated carbocycles. The van der Waals surface area contributed by atoms with E-state index in [2.05, 4.69) is 19.2 Å². The molecule has 1 saturated heterocycles. The second kappa shape index (κ2) is 5.69. The third-order valence-corrected chi connectivity index (χ3v) is 6.30. The molecule has 1 aliphatic heterocycles. The van der Waals surface area contributed by atoms with Crippen molar-refractivity contribution in [2.45, 2.75) is 30.5 Å². The Morgan fingerprint density at radius 3 is 2.94 bits per heavy atom. The van der Waals surface area contributed by atoms with Gasteiger partial charge in [0.15, 0.2) is 0 Å². The minimum absolute atomic E-state index is 0.272. The first-order valence-corrected chi connectivity index (χ1v) is 8.59. The van der Waals surface area contributed by atoms with Crippen molar-refractivity contribution in [2.24, 2.45) is 5.92 Å². The smallest absolute Gasteiger partial charge is 0.252 e. The summed E-state index contributed by atoms with van der Waals surface area (Å²) < 4.78 is 26.8. The Balaban J connectivity index is 2.09. The average Bonchev–Trinajstić information content (AvgIpc) is 2.82. The summed E-state index contributed by atoms with van der Waals surface area (Å²) in [6, 6.07) is 3.73. The van der Waals surface area contributed by atoms with Gasteiger partial charge in [0.1, 0.15) is 4.21 Å². The molecule has 4 nitrogen and oxygen atoms in total. The van der Waals surface area contributed by atoms with Crippen LogP contribution in [0.3, 0.4) is 0 Å². The molecule has 0 aliphatic carbocycles. The molecule has 1 N–H and O–H groups in total. The SMILES string of the molecule is CC(C)CC1CN(S(=O)(=O)c2cccs2)CCN1. The number of hydrogen-bond acceptors (Lipinski definition) is 4. The Morgan fingerprint density at radius 1 is 1.56 bits per heavy atom. The zero-order valence-electron chi connectivity index (χ0n) is 10.8. The average molecular weight is 288 g/mol. The molecule has 1 atom stereocenters. The molecule has 18 heavy (non-hydrogen) atoms. The van der Waals surface area contributed by atoms with E-state index in [1.54, 1.807) is 21.8 Å². The molecule has 6 heteroatoms. The second-order valence-electron chi connectivity index (χ2n) is 5.08. The largest absolute Gasteiger partial charge is 0.311 e. The molecule has 102 valence electrons. The molecule has 1 aromatic heterocycles. The minimum atomic E-state index is -3.28. The molecular formula is C12H20N2O2S2. The summed E-state index contributed by atoms with van der Waals surface area (Å²) in [4.78, 5) is 0. The quantitative estimate of drug-likeness (QED) is 0.918. The van der Waals surface area contributed by atoms with Crippen LogP contribution in [0.2, 0.25) is 0 Å². The summed E-state index contributed by atoms with van der Waals surface area (Å²) in [7, 11) is -3.28. The molecule has 0 amide bonds. The Hall–Kier alpha value is -0.430. The number of nitrogens with one attached hydrogen (secondary N) is 1. The van der Waals surface area contributed by atoms with Gasteiger partial charge in [-0.25, -0.2) is 8.42 Å². The van der Waals surface area contributed by atoms with Gasteiger partial charge in [-0.05, 0) is 23.8 Å². The van der Waals surface area contributed by atoms with Crippen LogP contribution in [0.4, 0.5) is 0 Å². The van der Waals surface area contributed by atoms with Gasteiger partial charge in [0.05, 0.1) is 0 Å². The first-order valence-electron chi connectivity index (χ1n) is 6.27. The molecule has 0 aromatic carbocycles. The highest BCUT2D eigenvalue weighted by molar-refractivity contribution is 7.91. The predicted molar refractivity (Wildman–Crippen MR) is 74.3 cm³/mol. The highest BCUT2D eigenvalue weighted by Gasteiger charge is 2.30. The van der Waals surface area contributed by atoms with Crippen molar-refractivity contribution in [3.8, 4) is 0 Å². The van der Waals surface area contributed by atoms with E-state index in [0.29, 0.717) is 23.2 Å². The lowest BCUT2D eigenvalue weighted by atomic mass is 10.0. The van der Waals surface area contributed by atoms with Crippen molar-refractivity contribution in [1.29, 1.82) is 0 Å². The van der Waals surface area contributed by atoms with E-state index in [4.69, 9.17) is 0 Å². The van der Waals surface area contributed by atoms with Gasteiger partial charge in [-0.1, -0.05) is 19.9 Å². The van der Waals surface area contributed by atoms with Gasteiger partial charge in [0.2, 0.25) is 0 Å². The molecule has 0 radical (unpaired) electrons. The normalized spacial score (nSPS) is 22.5. The van der Waals surface area contributed by atoms with Crippen molar-refractivity contribution < 1.29 is 8.42 Å². The zero-order chi connectivity index (χ0) is 13.2. The van der Waals surface area contributed by atoms with Crippen LogP contribution in [0.25, 0.3) is 0 Å². The molecule has 1 unspecified atom stereocenters. The fraction of sp³-hybridized carbons (Fsp3) is 0.667. The van der Waals surface area contributed by atoms with E-state index in [0.717, 1.165) is 13.0 Å². The molecule has 0 spiro atoms. The van der Waals surface area contributed by atoms with Crippen molar-refractivity contribution in [1.82, 2.24) is 9.62 Å². The fourth-order valence-corrected chi connectivity index (χ4v) is 4.91. The standard InChI is InChI=1S/C12H20N2O2S2/c1-10(2)8-11-9-14(6-5-13-11)18(15,16)12-4-3-7-17-12/h3-4,7,10-11,13H,5-6,8-9H2,1-2H3. The number of nitrogens with zero attached hydrogens (tertiary/aromatic N) is 1. The van der Waals surface area contributed by atoms with Gasteiger partial charge < -0.3 is 5.32 Å². The van der Waals surface area contributed by atoms with Crippen LogP contribution in [0.1, 0.15) is 20.3 Å². The van der Waals surface area contributed by atoms with E-state index in [9.17, 15) is 8.42 Å². The van der Waals surface area contributed by atoms with E-state index in [1.165, 1.54) is 11.3 Å². The fourth-order valence-electron chi connectivity index (χ4n) is 2.28. The molecule has 2 rings (SSSR count). The maximum absolute atomic E-state index is 12.4. The van der Waals surface area contributed by atoms with Gasteiger partial charge in [-0.2, -0.15) is 4.31 Å². The van der Waals surface area contributed by atoms with Crippen LogP contribution in [0.5, 0.6) is 0 Å².